The Labute approximate surface area is 101 Å². The van der Waals surface area contributed by atoms with E-state index in [9.17, 15) is 0 Å². The minimum absolute atomic E-state index is 0.954. The van der Waals surface area contributed by atoms with Crippen LogP contribution in [-0.4, -0.2) is 23.3 Å². The molecule has 88 valence electrons. The number of rotatable bonds is 1. The van der Waals surface area contributed by atoms with Gasteiger partial charge in [0, 0.05) is 11.9 Å². The quantitative estimate of drug-likeness (QED) is 0.786. The van der Waals surface area contributed by atoms with Crippen molar-refractivity contribution in [2.45, 2.75) is 19.8 Å². The number of fused-ring (bicyclic) bond motifs is 1. The summed E-state index contributed by atoms with van der Waals surface area (Å²) < 4.78 is 0. The number of nitrogens with one attached hydrogen (secondary N) is 2. The van der Waals surface area contributed by atoms with Gasteiger partial charge < -0.3 is 5.32 Å². The molecule has 3 nitrogen and oxygen atoms in total. The lowest BCUT2D eigenvalue weighted by atomic mass is 10.0. The molecular weight excluding hydrogens is 210 g/mol. The van der Waals surface area contributed by atoms with Crippen LogP contribution in [0.2, 0.25) is 0 Å². The van der Waals surface area contributed by atoms with Crippen LogP contribution in [-0.2, 0) is 0 Å². The largest absolute Gasteiger partial charge is 0.313 e. The van der Waals surface area contributed by atoms with Gasteiger partial charge in [0.2, 0.25) is 0 Å². The maximum atomic E-state index is 4.50. The molecule has 0 bridgehead atoms. The van der Waals surface area contributed by atoms with Gasteiger partial charge in [0.1, 0.15) is 0 Å². The van der Waals surface area contributed by atoms with Crippen LogP contribution in [0, 0.1) is 6.92 Å². The second kappa shape index (κ2) is 4.34. The van der Waals surface area contributed by atoms with Gasteiger partial charge in [0.05, 0.1) is 11.2 Å². The molecule has 1 aromatic heterocycles. The van der Waals surface area contributed by atoms with Crippen molar-refractivity contribution in [2.75, 3.05) is 13.1 Å². The topological polar surface area (TPSA) is 40.7 Å². The van der Waals surface area contributed by atoms with E-state index < -0.39 is 0 Å². The van der Waals surface area contributed by atoms with E-state index in [-0.39, 0.29) is 0 Å². The summed E-state index contributed by atoms with van der Waals surface area (Å²) in [5.74, 6) is 0. The Balaban J connectivity index is 2.11. The fourth-order valence-electron chi connectivity index (χ4n) is 2.45. The van der Waals surface area contributed by atoms with Crippen LogP contribution in [0.25, 0.3) is 16.5 Å². The molecular formula is C14H17N3. The Kier molecular flexibility index (Phi) is 2.69. The SMILES string of the molecule is Cc1cccc2c(C3=CCNCCC3)n[nH]c12. The van der Waals surface area contributed by atoms with Gasteiger partial charge in [-0.2, -0.15) is 5.10 Å². The van der Waals surface area contributed by atoms with Crippen molar-refractivity contribution in [3.8, 4) is 0 Å². The van der Waals surface area contributed by atoms with Crippen LogP contribution in [0.1, 0.15) is 24.1 Å². The number of aromatic nitrogens is 2. The van der Waals surface area contributed by atoms with Gasteiger partial charge in [-0.25, -0.2) is 0 Å². The van der Waals surface area contributed by atoms with Gasteiger partial charge in [-0.05, 0) is 37.4 Å². The molecule has 0 aliphatic carbocycles. The number of H-pyrrole nitrogens is 1. The lowest BCUT2D eigenvalue weighted by molar-refractivity contribution is 0.723. The van der Waals surface area contributed by atoms with Crippen molar-refractivity contribution in [1.29, 1.82) is 0 Å². The molecule has 0 radical (unpaired) electrons. The predicted octanol–water partition coefficient (Wildman–Crippen LogP) is 2.64. The van der Waals surface area contributed by atoms with Crippen molar-refractivity contribution in [3.05, 3.63) is 35.5 Å². The third kappa shape index (κ3) is 1.87. The highest BCUT2D eigenvalue weighted by molar-refractivity contribution is 5.92. The second-order valence-electron chi connectivity index (χ2n) is 4.61. The number of allylic oxidation sites excluding steroid dienone is 1. The van der Waals surface area contributed by atoms with E-state index in [2.05, 4.69) is 46.7 Å². The fourth-order valence-corrected chi connectivity index (χ4v) is 2.45. The molecule has 0 saturated heterocycles. The molecule has 1 aromatic carbocycles. The molecule has 0 atom stereocenters. The summed E-state index contributed by atoms with van der Waals surface area (Å²) >= 11 is 0. The molecule has 3 rings (SSSR count). The van der Waals surface area contributed by atoms with Gasteiger partial charge in [-0.3, -0.25) is 5.10 Å². The highest BCUT2D eigenvalue weighted by Gasteiger charge is 2.12. The standard InChI is InChI=1S/C14H17N3/c1-10-4-2-6-12-13(10)16-17-14(12)11-5-3-8-15-9-7-11/h2,4,6-7,15H,3,5,8-9H2,1H3,(H,16,17). The van der Waals surface area contributed by atoms with Crippen LogP contribution >= 0.6 is 0 Å². The lowest BCUT2D eigenvalue weighted by Crippen LogP contribution is -2.12. The summed E-state index contributed by atoms with van der Waals surface area (Å²) in [6, 6.07) is 6.37. The van der Waals surface area contributed by atoms with Crippen molar-refractivity contribution >= 4 is 16.5 Å². The monoisotopic (exact) mass is 227 g/mol. The van der Waals surface area contributed by atoms with Crippen LogP contribution in [0.5, 0.6) is 0 Å². The van der Waals surface area contributed by atoms with Crippen molar-refractivity contribution < 1.29 is 0 Å². The van der Waals surface area contributed by atoms with Crippen LogP contribution in [0.3, 0.4) is 0 Å². The molecule has 0 fully saturated rings. The predicted molar refractivity (Wildman–Crippen MR) is 70.9 cm³/mol. The molecule has 2 heterocycles. The van der Waals surface area contributed by atoms with Crippen LogP contribution < -0.4 is 5.32 Å². The smallest absolute Gasteiger partial charge is 0.0956 e. The first-order chi connectivity index (χ1) is 8.36. The third-order valence-corrected chi connectivity index (χ3v) is 3.40. The summed E-state index contributed by atoms with van der Waals surface area (Å²) in [7, 11) is 0. The average Bonchev–Trinajstić information content (AvgIpc) is 2.59. The van der Waals surface area contributed by atoms with Gasteiger partial charge in [-0.1, -0.05) is 24.3 Å². The van der Waals surface area contributed by atoms with E-state index in [1.807, 2.05) is 0 Å². The molecule has 17 heavy (non-hydrogen) atoms. The number of hydrogen-bond donors (Lipinski definition) is 2. The molecule has 1 aliphatic rings. The first-order valence-electron chi connectivity index (χ1n) is 6.20. The first kappa shape index (κ1) is 10.5. The van der Waals surface area contributed by atoms with E-state index in [1.165, 1.54) is 28.5 Å². The number of aromatic amines is 1. The van der Waals surface area contributed by atoms with E-state index in [0.717, 1.165) is 25.2 Å². The maximum Gasteiger partial charge on any atom is 0.0956 e. The van der Waals surface area contributed by atoms with Gasteiger partial charge in [-0.15, -0.1) is 0 Å². The van der Waals surface area contributed by atoms with Crippen molar-refractivity contribution in [1.82, 2.24) is 15.5 Å². The summed E-state index contributed by atoms with van der Waals surface area (Å²) in [6.45, 7) is 4.17. The average molecular weight is 227 g/mol. The van der Waals surface area contributed by atoms with Gasteiger partial charge in [0.25, 0.3) is 0 Å². The van der Waals surface area contributed by atoms with Crippen LogP contribution in [0.4, 0.5) is 0 Å². The number of para-hydroxylation sites is 1. The van der Waals surface area contributed by atoms with Crippen molar-refractivity contribution in [3.63, 3.8) is 0 Å². The zero-order valence-corrected chi connectivity index (χ0v) is 10.1. The lowest BCUT2D eigenvalue weighted by Gasteiger charge is -2.01. The summed E-state index contributed by atoms with van der Waals surface area (Å²) in [5.41, 5.74) is 4.92. The van der Waals surface area contributed by atoms with Crippen molar-refractivity contribution in [2.24, 2.45) is 0 Å². The summed E-state index contributed by atoms with van der Waals surface area (Å²) in [5, 5.41) is 12.3. The van der Waals surface area contributed by atoms with E-state index in [1.54, 1.807) is 0 Å². The van der Waals surface area contributed by atoms with E-state index in [4.69, 9.17) is 0 Å². The molecule has 0 amide bonds. The van der Waals surface area contributed by atoms with Gasteiger partial charge >= 0.3 is 0 Å². The fraction of sp³-hybridized carbons (Fsp3) is 0.357. The molecule has 3 heteroatoms. The highest BCUT2D eigenvalue weighted by atomic mass is 15.1. The number of nitrogens with zero attached hydrogens (tertiary/aromatic N) is 1. The molecule has 0 spiro atoms. The Morgan fingerprint density at radius 2 is 2.24 bits per heavy atom. The number of aryl methyl sites for hydroxylation is 1. The zero-order chi connectivity index (χ0) is 11.7. The Bertz CT molecular complexity index is 566. The van der Waals surface area contributed by atoms with E-state index in [0.29, 0.717) is 0 Å². The van der Waals surface area contributed by atoms with Crippen LogP contribution in [0.15, 0.2) is 24.3 Å². The minimum Gasteiger partial charge on any atom is -0.313 e. The third-order valence-electron chi connectivity index (χ3n) is 3.40. The maximum absolute atomic E-state index is 4.50. The minimum atomic E-state index is 0.954. The molecule has 2 aromatic rings. The first-order valence-corrected chi connectivity index (χ1v) is 6.20. The van der Waals surface area contributed by atoms with Gasteiger partial charge in [0.15, 0.2) is 0 Å². The molecule has 0 saturated carbocycles. The summed E-state index contributed by atoms with van der Waals surface area (Å²) in [4.78, 5) is 0. The molecule has 2 N–H and O–H groups in total. The number of benzene rings is 1. The zero-order valence-electron chi connectivity index (χ0n) is 10.1. The Morgan fingerprint density at radius 3 is 3.18 bits per heavy atom. The second-order valence-corrected chi connectivity index (χ2v) is 4.61. The highest BCUT2D eigenvalue weighted by Crippen LogP contribution is 2.27. The summed E-state index contributed by atoms with van der Waals surface area (Å²) in [6.07, 6.45) is 4.57. The van der Waals surface area contributed by atoms with E-state index >= 15 is 0 Å². The molecule has 0 unspecified atom stereocenters. The Hall–Kier alpha value is -1.61. The number of hydrogen-bond acceptors (Lipinski definition) is 2. The normalized spacial score (nSPS) is 16.9. The Morgan fingerprint density at radius 1 is 1.29 bits per heavy atom. The molecule has 1 aliphatic heterocycles.